The molecule has 0 unspecified atom stereocenters. The number of anilines is 2. The number of ether oxygens (including phenoxy) is 1. The number of esters is 1. The Morgan fingerprint density at radius 3 is 2.22 bits per heavy atom. The number of benzene rings is 2. The Balaban J connectivity index is 1.56. The number of hydrogen-bond donors (Lipinski definition) is 1. The molecule has 1 aliphatic heterocycles. The summed E-state index contributed by atoms with van der Waals surface area (Å²) in [6.07, 6.45) is 0. The Morgan fingerprint density at radius 1 is 0.963 bits per heavy atom. The van der Waals surface area contributed by atoms with E-state index < -0.39 is 5.97 Å². The van der Waals surface area contributed by atoms with Crippen molar-refractivity contribution < 1.29 is 14.3 Å². The second-order valence-electron chi connectivity index (χ2n) is 6.76. The zero-order chi connectivity index (χ0) is 19.4. The Hall–Kier alpha value is -3.02. The number of amides is 2. The van der Waals surface area contributed by atoms with Crippen LogP contribution in [-0.2, 0) is 4.74 Å². The maximum atomic E-state index is 12.5. The number of aryl methyl sites for hydroxylation is 2. The van der Waals surface area contributed by atoms with Gasteiger partial charge in [-0.1, -0.05) is 17.7 Å². The van der Waals surface area contributed by atoms with Crippen molar-refractivity contribution in [3.05, 3.63) is 59.2 Å². The third-order valence-electron chi connectivity index (χ3n) is 4.82. The normalized spacial score (nSPS) is 14.0. The number of hydrogen-bond acceptors (Lipinski definition) is 4. The van der Waals surface area contributed by atoms with Crippen molar-refractivity contribution in [2.75, 3.05) is 43.5 Å². The average molecular weight is 367 g/mol. The van der Waals surface area contributed by atoms with Gasteiger partial charge in [0.1, 0.15) is 0 Å². The molecule has 1 fully saturated rings. The van der Waals surface area contributed by atoms with Gasteiger partial charge in [0, 0.05) is 37.6 Å². The number of nitrogens with zero attached hydrogens (tertiary/aromatic N) is 2. The fraction of sp³-hybridized carbons (Fsp3) is 0.333. The quantitative estimate of drug-likeness (QED) is 0.844. The van der Waals surface area contributed by atoms with Crippen LogP contribution in [0.2, 0.25) is 0 Å². The van der Waals surface area contributed by atoms with Gasteiger partial charge in [0.25, 0.3) is 0 Å². The summed E-state index contributed by atoms with van der Waals surface area (Å²) in [5.74, 6) is -0.393. The lowest BCUT2D eigenvalue weighted by Crippen LogP contribution is -2.50. The molecule has 2 aromatic carbocycles. The summed E-state index contributed by atoms with van der Waals surface area (Å²) in [4.78, 5) is 28.1. The molecule has 0 radical (unpaired) electrons. The number of piperazine rings is 1. The molecular formula is C21H25N3O3. The maximum absolute atomic E-state index is 12.5. The van der Waals surface area contributed by atoms with Gasteiger partial charge >= 0.3 is 12.0 Å². The minimum atomic E-state index is -0.393. The second-order valence-corrected chi connectivity index (χ2v) is 6.76. The van der Waals surface area contributed by atoms with Crippen LogP contribution in [-0.4, -0.2) is 50.2 Å². The molecule has 1 N–H and O–H groups in total. The van der Waals surface area contributed by atoms with Crippen LogP contribution in [0, 0.1) is 13.8 Å². The SMILES string of the molecule is COC(=O)c1ccc(NC(=O)N2CCN(c3ccc(C)cc3C)CC2)cc1. The van der Waals surface area contributed by atoms with Gasteiger partial charge in [-0.25, -0.2) is 9.59 Å². The van der Waals surface area contributed by atoms with Gasteiger partial charge in [-0.15, -0.1) is 0 Å². The second kappa shape index (κ2) is 8.12. The summed E-state index contributed by atoms with van der Waals surface area (Å²) in [6.45, 7) is 7.16. The molecule has 1 saturated heterocycles. The van der Waals surface area contributed by atoms with Gasteiger partial charge in [-0.2, -0.15) is 0 Å². The van der Waals surface area contributed by atoms with Crippen molar-refractivity contribution in [1.29, 1.82) is 0 Å². The van der Waals surface area contributed by atoms with Crippen LogP contribution in [0.3, 0.4) is 0 Å². The number of carbonyl (C=O) groups is 2. The van der Waals surface area contributed by atoms with E-state index in [1.165, 1.54) is 23.9 Å². The molecule has 0 bridgehead atoms. The number of urea groups is 1. The van der Waals surface area contributed by atoms with E-state index in [0.717, 1.165) is 13.1 Å². The lowest BCUT2D eigenvalue weighted by Gasteiger charge is -2.36. The first-order valence-corrected chi connectivity index (χ1v) is 9.04. The summed E-state index contributed by atoms with van der Waals surface area (Å²) < 4.78 is 4.67. The topological polar surface area (TPSA) is 61.9 Å². The molecule has 3 rings (SSSR count). The molecule has 2 amide bonds. The van der Waals surface area contributed by atoms with E-state index >= 15 is 0 Å². The Bertz CT molecular complexity index is 825. The molecular weight excluding hydrogens is 342 g/mol. The zero-order valence-corrected chi connectivity index (χ0v) is 16.0. The highest BCUT2D eigenvalue weighted by molar-refractivity contribution is 5.92. The predicted octanol–water partition coefficient (Wildman–Crippen LogP) is 3.44. The smallest absolute Gasteiger partial charge is 0.337 e. The van der Waals surface area contributed by atoms with Crippen LogP contribution in [0.15, 0.2) is 42.5 Å². The van der Waals surface area contributed by atoms with Gasteiger partial charge in [-0.3, -0.25) is 0 Å². The monoisotopic (exact) mass is 367 g/mol. The fourth-order valence-electron chi connectivity index (χ4n) is 3.32. The first-order valence-electron chi connectivity index (χ1n) is 9.04. The first kappa shape index (κ1) is 18.8. The zero-order valence-electron chi connectivity index (χ0n) is 16.0. The summed E-state index contributed by atoms with van der Waals surface area (Å²) in [7, 11) is 1.34. The number of methoxy groups -OCH3 is 1. The van der Waals surface area contributed by atoms with Crippen molar-refractivity contribution in [1.82, 2.24) is 4.90 Å². The van der Waals surface area contributed by atoms with Gasteiger partial charge in [0.05, 0.1) is 12.7 Å². The number of nitrogens with one attached hydrogen (secondary N) is 1. The Kier molecular flexibility index (Phi) is 5.64. The molecule has 0 spiro atoms. The first-order chi connectivity index (χ1) is 13.0. The summed E-state index contributed by atoms with van der Waals surface area (Å²) in [5, 5.41) is 2.89. The third kappa shape index (κ3) is 4.39. The van der Waals surface area contributed by atoms with Crippen molar-refractivity contribution >= 4 is 23.4 Å². The fourth-order valence-corrected chi connectivity index (χ4v) is 3.32. The number of rotatable bonds is 3. The van der Waals surface area contributed by atoms with Crippen molar-refractivity contribution in [3.8, 4) is 0 Å². The van der Waals surface area contributed by atoms with Gasteiger partial charge in [-0.05, 0) is 49.7 Å². The van der Waals surface area contributed by atoms with Crippen molar-refractivity contribution in [3.63, 3.8) is 0 Å². The summed E-state index contributed by atoms with van der Waals surface area (Å²) >= 11 is 0. The van der Waals surface area contributed by atoms with Gasteiger partial charge < -0.3 is 19.9 Å². The molecule has 0 atom stereocenters. The lowest BCUT2D eigenvalue weighted by molar-refractivity contribution is 0.0600. The molecule has 6 heteroatoms. The highest BCUT2D eigenvalue weighted by Crippen LogP contribution is 2.22. The molecule has 0 aliphatic carbocycles. The maximum Gasteiger partial charge on any atom is 0.337 e. The molecule has 6 nitrogen and oxygen atoms in total. The third-order valence-corrected chi connectivity index (χ3v) is 4.82. The van der Waals surface area contributed by atoms with E-state index in [1.807, 2.05) is 4.90 Å². The minimum absolute atomic E-state index is 0.124. The molecule has 1 aliphatic rings. The van der Waals surface area contributed by atoms with E-state index in [0.29, 0.717) is 24.3 Å². The van der Waals surface area contributed by atoms with Crippen molar-refractivity contribution in [2.24, 2.45) is 0 Å². The van der Waals surface area contributed by atoms with Crippen LogP contribution in [0.25, 0.3) is 0 Å². The lowest BCUT2D eigenvalue weighted by atomic mass is 10.1. The average Bonchev–Trinajstić information content (AvgIpc) is 2.68. The van der Waals surface area contributed by atoms with E-state index in [9.17, 15) is 9.59 Å². The number of carbonyl (C=O) groups excluding carboxylic acids is 2. The molecule has 0 aromatic heterocycles. The summed E-state index contributed by atoms with van der Waals surface area (Å²) in [5.41, 5.74) is 4.87. The largest absolute Gasteiger partial charge is 0.465 e. The Morgan fingerprint density at radius 2 is 1.63 bits per heavy atom. The Labute approximate surface area is 159 Å². The highest BCUT2D eigenvalue weighted by atomic mass is 16.5. The van der Waals surface area contributed by atoms with Crippen LogP contribution in [0.4, 0.5) is 16.2 Å². The van der Waals surface area contributed by atoms with Crippen LogP contribution < -0.4 is 10.2 Å². The standard InChI is InChI=1S/C21H25N3O3/c1-15-4-9-19(16(2)14-15)23-10-12-24(13-11-23)21(26)22-18-7-5-17(6-8-18)20(25)27-3/h4-9,14H,10-13H2,1-3H3,(H,22,26). The molecule has 2 aromatic rings. The minimum Gasteiger partial charge on any atom is -0.465 e. The van der Waals surface area contributed by atoms with Crippen LogP contribution >= 0.6 is 0 Å². The molecule has 1 heterocycles. The van der Waals surface area contributed by atoms with Gasteiger partial charge in [0.2, 0.25) is 0 Å². The highest BCUT2D eigenvalue weighted by Gasteiger charge is 2.22. The molecule has 0 saturated carbocycles. The van der Waals surface area contributed by atoms with E-state index in [4.69, 9.17) is 0 Å². The van der Waals surface area contributed by atoms with E-state index in [1.54, 1.807) is 24.3 Å². The van der Waals surface area contributed by atoms with Crippen LogP contribution in [0.1, 0.15) is 21.5 Å². The van der Waals surface area contributed by atoms with E-state index in [2.05, 4.69) is 47.0 Å². The van der Waals surface area contributed by atoms with E-state index in [-0.39, 0.29) is 6.03 Å². The predicted molar refractivity (Wildman–Crippen MR) is 107 cm³/mol. The summed E-state index contributed by atoms with van der Waals surface area (Å²) in [6, 6.07) is 13.0. The van der Waals surface area contributed by atoms with Crippen molar-refractivity contribution in [2.45, 2.75) is 13.8 Å². The molecule has 27 heavy (non-hydrogen) atoms. The molecule has 142 valence electrons. The van der Waals surface area contributed by atoms with Crippen LogP contribution in [0.5, 0.6) is 0 Å². The van der Waals surface area contributed by atoms with Gasteiger partial charge in [0.15, 0.2) is 0 Å².